The lowest BCUT2D eigenvalue weighted by Gasteiger charge is -2.27. The van der Waals surface area contributed by atoms with Gasteiger partial charge in [-0.3, -0.25) is 14.4 Å². The molecule has 2 atom stereocenters. The van der Waals surface area contributed by atoms with Gasteiger partial charge in [0.25, 0.3) is 0 Å². The number of hydrogen-bond acceptors (Lipinski definition) is 3. The molecule has 164 valence electrons. The molecule has 0 aliphatic carbocycles. The van der Waals surface area contributed by atoms with Crippen molar-refractivity contribution in [3.8, 4) is 0 Å². The molecule has 2 aromatic rings. The molecular formula is C25H31N3O3. The van der Waals surface area contributed by atoms with E-state index in [1.165, 1.54) is 12.5 Å². The van der Waals surface area contributed by atoms with Gasteiger partial charge in [0, 0.05) is 13.5 Å². The molecule has 0 spiro atoms. The Labute approximate surface area is 184 Å². The predicted octanol–water partition coefficient (Wildman–Crippen LogP) is 3.14. The van der Waals surface area contributed by atoms with E-state index in [1.807, 2.05) is 30.3 Å². The molecule has 2 unspecified atom stereocenters. The monoisotopic (exact) mass is 421 g/mol. The minimum atomic E-state index is -0.526. The van der Waals surface area contributed by atoms with Gasteiger partial charge in [-0.15, -0.1) is 0 Å². The summed E-state index contributed by atoms with van der Waals surface area (Å²) in [5.74, 6) is -0.233. The molecular weight excluding hydrogens is 390 g/mol. The van der Waals surface area contributed by atoms with Crippen LogP contribution in [0, 0.1) is 0 Å². The summed E-state index contributed by atoms with van der Waals surface area (Å²) in [6.45, 7) is 6.11. The highest BCUT2D eigenvalue weighted by molar-refractivity contribution is 5.90. The second-order valence-corrected chi connectivity index (χ2v) is 8.33. The average molecular weight is 422 g/mol. The van der Waals surface area contributed by atoms with Crippen molar-refractivity contribution >= 4 is 17.7 Å². The van der Waals surface area contributed by atoms with Gasteiger partial charge < -0.3 is 15.5 Å². The number of likely N-dealkylation sites (tertiary alicyclic amines) is 1. The number of carbonyl (C=O) groups excluding carboxylic acids is 3. The molecule has 0 radical (unpaired) electrons. The van der Waals surface area contributed by atoms with Crippen LogP contribution in [0.4, 0.5) is 0 Å². The predicted molar refractivity (Wildman–Crippen MR) is 120 cm³/mol. The van der Waals surface area contributed by atoms with Crippen LogP contribution in [-0.2, 0) is 14.4 Å². The fraction of sp³-hybridized carbons (Fsp3) is 0.400. The van der Waals surface area contributed by atoms with Crippen molar-refractivity contribution < 1.29 is 14.4 Å². The highest BCUT2D eigenvalue weighted by Crippen LogP contribution is 2.26. The van der Waals surface area contributed by atoms with E-state index in [0.29, 0.717) is 18.9 Å². The number of nitrogens with zero attached hydrogens (tertiary/aromatic N) is 1. The molecule has 2 aromatic carbocycles. The van der Waals surface area contributed by atoms with Gasteiger partial charge in [-0.05, 0) is 35.4 Å². The Kier molecular flexibility index (Phi) is 7.45. The first-order valence-corrected chi connectivity index (χ1v) is 10.9. The zero-order valence-electron chi connectivity index (χ0n) is 18.4. The van der Waals surface area contributed by atoms with Gasteiger partial charge in [-0.25, -0.2) is 0 Å². The van der Waals surface area contributed by atoms with E-state index in [-0.39, 0.29) is 30.3 Å². The zero-order valence-corrected chi connectivity index (χ0v) is 18.4. The lowest BCUT2D eigenvalue weighted by atomic mass is 9.95. The Morgan fingerprint density at radius 1 is 0.968 bits per heavy atom. The summed E-state index contributed by atoms with van der Waals surface area (Å²) in [6, 6.07) is 17.3. The van der Waals surface area contributed by atoms with Crippen LogP contribution in [-0.4, -0.2) is 41.8 Å². The molecule has 1 aliphatic rings. The normalized spacial score (nSPS) is 16.8. The van der Waals surface area contributed by atoms with Gasteiger partial charge in [0.05, 0.1) is 12.6 Å². The number of hydrogen-bond donors (Lipinski definition) is 2. The zero-order chi connectivity index (χ0) is 22.4. The van der Waals surface area contributed by atoms with Crippen LogP contribution in [0.1, 0.15) is 62.3 Å². The molecule has 0 aromatic heterocycles. The minimum Gasteiger partial charge on any atom is -0.347 e. The molecule has 6 nitrogen and oxygen atoms in total. The summed E-state index contributed by atoms with van der Waals surface area (Å²) >= 11 is 0. The van der Waals surface area contributed by atoms with E-state index in [2.05, 4.69) is 48.7 Å². The molecule has 31 heavy (non-hydrogen) atoms. The second kappa shape index (κ2) is 10.2. The third-order valence-electron chi connectivity index (χ3n) is 5.72. The molecule has 1 heterocycles. The van der Waals surface area contributed by atoms with Gasteiger partial charge in [0.1, 0.15) is 6.04 Å². The lowest BCUT2D eigenvalue weighted by molar-refractivity contribution is -0.138. The van der Waals surface area contributed by atoms with Gasteiger partial charge in [0.15, 0.2) is 0 Å². The Hall–Kier alpha value is -3.15. The first-order valence-electron chi connectivity index (χ1n) is 10.9. The van der Waals surface area contributed by atoms with E-state index in [1.54, 1.807) is 4.90 Å². The summed E-state index contributed by atoms with van der Waals surface area (Å²) in [5, 5.41) is 5.70. The van der Waals surface area contributed by atoms with Crippen molar-refractivity contribution in [2.75, 3.05) is 13.1 Å². The highest BCUT2D eigenvalue weighted by Gasteiger charge is 2.35. The molecule has 0 saturated carbocycles. The van der Waals surface area contributed by atoms with Gasteiger partial charge in [-0.2, -0.15) is 0 Å². The highest BCUT2D eigenvalue weighted by atomic mass is 16.2. The molecule has 6 heteroatoms. The fourth-order valence-corrected chi connectivity index (χ4v) is 3.96. The van der Waals surface area contributed by atoms with Crippen molar-refractivity contribution in [3.05, 3.63) is 71.3 Å². The van der Waals surface area contributed by atoms with Gasteiger partial charge >= 0.3 is 0 Å². The minimum absolute atomic E-state index is 0.0854. The Bertz CT molecular complexity index is 909. The maximum Gasteiger partial charge on any atom is 0.243 e. The van der Waals surface area contributed by atoms with Crippen LogP contribution in [0.2, 0.25) is 0 Å². The van der Waals surface area contributed by atoms with Crippen molar-refractivity contribution in [1.29, 1.82) is 0 Å². The van der Waals surface area contributed by atoms with Crippen LogP contribution in [0.25, 0.3) is 0 Å². The van der Waals surface area contributed by atoms with E-state index in [0.717, 1.165) is 17.5 Å². The fourth-order valence-electron chi connectivity index (χ4n) is 3.96. The largest absolute Gasteiger partial charge is 0.347 e. The molecule has 1 aliphatic heterocycles. The maximum absolute atomic E-state index is 13.2. The second-order valence-electron chi connectivity index (χ2n) is 8.33. The Morgan fingerprint density at radius 3 is 2.19 bits per heavy atom. The average Bonchev–Trinajstić information content (AvgIpc) is 3.26. The molecule has 1 fully saturated rings. The van der Waals surface area contributed by atoms with E-state index in [4.69, 9.17) is 0 Å². The van der Waals surface area contributed by atoms with Crippen LogP contribution in [0.3, 0.4) is 0 Å². The van der Waals surface area contributed by atoms with Crippen LogP contribution in [0.5, 0.6) is 0 Å². The standard InChI is InChI=1S/C25H31N3O3/c1-17(2)19-11-13-21(14-12-19)24(20-8-5-4-6-9-20)27-25(31)22-10-7-15-28(22)23(30)16-26-18(3)29/h4-6,8-9,11-14,17,22,24H,7,10,15-16H2,1-3H3,(H,26,29)(H,27,31). The Morgan fingerprint density at radius 2 is 1.58 bits per heavy atom. The first-order chi connectivity index (χ1) is 14.9. The van der Waals surface area contributed by atoms with Crippen LogP contribution >= 0.6 is 0 Å². The van der Waals surface area contributed by atoms with Gasteiger partial charge in [-0.1, -0.05) is 68.4 Å². The summed E-state index contributed by atoms with van der Waals surface area (Å²) in [6.07, 6.45) is 1.38. The number of amides is 3. The summed E-state index contributed by atoms with van der Waals surface area (Å²) in [4.78, 5) is 38.5. The molecule has 0 bridgehead atoms. The number of rotatable bonds is 7. The van der Waals surface area contributed by atoms with E-state index < -0.39 is 6.04 Å². The number of benzene rings is 2. The first kappa shape index (κ1) is 22.5. The topological polar surface area (TPSA) is 78.5 Å². The Balaban J connectivity index is 1.79. The molecule has 3 rings (SSSR count). The molecule has 2 N–H and O–H groups in total. The molecule has 1 saturated heterocycles. The number of nitrogens with one attached hydrogen (secondary N) is 2. The summed E-state index contributed by atoms with van der Waals surface area (Å²) in [5.41, 5.74) is 3.23. The van der Waals surface area contributed by atoms with Crippen LogP contribution < -0.4 is 10.6 Å². The van der Waals surface area contributed by atoms with Gasteiger partial charge in [0.2, 0.25) is 17.7 Å². The van der Waals surface area contributed by atoms with Crippen molar-refractivity contribution in [2.24, 2.45) is 0 Å². The maximum atomic E-state index is 13.2. The van der Waals surface area contributed by atoms with E-state index in [9.17, 15) is 14.4 Å². The van der Waals surface area contributed by atoms with Crippen molar-refractivity contribution in [2.45, 2.75) is 51.6 Å². The third-order valence-corrected chi connectivity index (χ3v) is 5.72. The summed E-state index contributed by atoms with van der Waals surface area (Å²) in [7, 11) is 0. The van der Waals surface area contributed by atoms with Crippen LogP contribution in [0.15, 0.2) is 54.6 Å². The number of carbonyl (C=O) groups is 3. The quantitative estimate of drug-likeness (QED) is 0.721. The summed E-state index contributed by atoms with van der Waals surface area (Å²) < 4.78 is 0. The lowest BCUT2D eigenvalue weighted by Crippen LogP contribution is -2.49. The van der Waals surface area contributed by atoms with Crippen molar-refractivity contribution in [1.82, 2.24) is 15.5 Å². The SMILES string of the molecule is CC(=O)NCC(=O)N1CCCC1C(=O)NC(c1ccccc1)c1ccc(C(C)C)cc1. The third kappa shape index (κ3) is 5.72. The smallest absolute Gasteiger partial charge is 0.243 e. The molecule has 3 amide bonds. The van der Waals surface area contributed by atoms with E-state index >= 15 is 0 Å². The van der Waals surface area contributed by atoms with Crippen molar-refractivity contribution in [3.63, 3.8) is 0 Å².